The highest BCUT2D eigenvalue weighted by Gasteiger charge is 2.27. The Morgan fingerprint density at radius 1 is 1.23 bits per heavy atom. The first-order valence-corrected chi connectivity index (χ1v) is 12.2. The van der Waals surface area contributed by atoms with Gasteiger partial charge >= 0.3 is 0 Å². The molecular weight excluding hydrogens is 446 g/mol. The van der Waals surface area contributed by atoms with E-state index in [1.807, 2.05) is 17.5 Å². The van der Waals surface area contributed by atoms with Gasteiger partial charge < -0.3 is 10.1 Å². The molecule has 1 atom stereocenters. The molecule has 0 aliphatic carbocycles. The monoisotopic (exact) mass is 463 g/mol. The molecule has 4 rings (SSSR count). The van der Waals surface area contributed by atoms with Crippen LogP contribution in [0.4, 0.5) is 10.8 Å². The van der Waals surface area contributed by atoms with Crippen LogP contribution in [0.2, 0.25) is 5.02 Å². The molecule has 0 saturated carbocycles. The van der Waals surface area contributed by atoms with Crippen LogP contribution in [0, 0.1) is 5.92 Å². The number of benzene rings is 2. The van der Waals surface area contributed by atoms with Crippen molar-refractivity contribution < 1.29 is 17.9 Å². The topological polar surface area (TPSA) is 97.4 Å². The van der Waals surface area contributed by atoms with Crippen molar-refractivity contribution in [1.29, 1.82) is 0 Å². The summed E-state index contributed by atoms with van der Waals surface area (Å²) in [7, 11) is -3.32. The van der Waals surface area contributed by atoms with Crippen LogP contribution >= 0.6 is 22.9 Å². The summed E-state index contributed by atoms with van der Waals surface area (Å²) < 4.78 is 30.7. The maximum Gasteiger partial charge on any atom is 0.233 e. The summed E-state index contributed by atoms with van der Waals surface area (Å²) in [6.07, 6.45) is 1.65. The third kappa shape index (κ3) is 4.92. The number of nitrogens with one attached hydrogen (secondary N) is 2. The molecular formula is C20H18ClN3O4S2. The second-order valence-electron chi connectivity index (χ2n) is 6.94. The first kappa shape index (κ1) is 20.6. The molecule has 2 heterocycles. The number of ether oxygens (including phenoxy) is 1. The third-order valence-electron chi connectivity index (χ3n) is 4.52. The fraction of sp³-hybridized carbons (Fsp3) is 0.200. The van der Waals surface area contributed by atoms with Gasteiger partial charge in [0.25, 0.3) is 0 Å². The van der Waals surface area contributed by atoms with Gasteiger partial charge in [0.1, 0.15) is 12.4 Å². The van der Waals surface area contributed by atoms with E-state index in [0.717, 1.165) is 23.1 Å². The largest absolute Gasteiger partial charge is 0.492 e. The number of thiazole rings is 1. The van der Waals surface area contributed by atoms with Crippen LogP contribution in [0.15, 0.2) is 47.8 Å². The number of fused-ring (bicyclic) bond motifs is 1. The number of amides is 1. The SMILES string of the molecule is CS(=O)(=O)Nc1ccc(-c2csc(NC(=O)[C@@H]3COc4ccc(Cl)cc4C3)n2)cc1. The average molecular weight is 464 g/mol. The maximum absolute atomic E-state index is 12.7. The fourth-order valence-electron chi connectivity index (χ4n) is 3.13. The molecule has 2 N–H and O–H groups in total. The van der Waals surface area contributed by atoms with Gasteiger partial charge in [-0.15, -0.1) is 11.3 Å². The Morgan fingerprint density at radius 2 is 2.00 bits per heavy atom. The summed E-state index contributed by atoms with van der Waals surface area (Å²) in [5.74, 6) is 0.271. The minimum atomic E-state index is -3.32. The van der Waals surface area contributed by atoms with Gasteiger partial charge in [-0.1, -0.05) is 23.7 Å². The molecule has 0 unspecified atom stereocenters. The Bertz CT molecular complexity index is 1190. The van der Waals surface area contributed by atoms with Crippen molar-refractivity contribution >= 4 is 49.7 Å². The number of aromatic nitrogens is 1. The lowest BCUT2D eigenvalue weighted by atomic mass is 9.96. The quantitative estimate of drug-likeness (QED) is 0.595. The zero-order chi connectivity index (χ0) is 21.3. The van der Waals surface area contributed by atoms with E-state index in [2.05, 4.69) is 15.0 Å². The average Bonchev–Trinajstić information content (AvgIpc) is 3.15. The first-order chi connectivity index (χ1) is 14.3. The summed E-state index contributed by atoms with van der Waals surface area (Å²) in [4.78, 5) is 17.1. The van der Waals surface area contributed by atoms with Crippen molar-refractivity contribution in [3.05, 3.63) is 58.4 Å². The van der Waals surface area contributed by atoms with Crippen LogP contribution in [-0.4, -0.2) is 32.2 Å². The standard InChI is InChI=1S/C20H18ClN3O4S2/c1-30(26,27)24-16-5-2-12(3-6-16)17-11-29-20(22-17)23-19(25)14-8-13-9-15(21)4-7-18(13)28-10-14/h2-7,9,11,14,24H,8,10H2,1H3,(H,22,23,25)/t14-/m0/s1. The fourth-order valence-corrected chi connectivity index (χ4v) is 4.61. The molecule has 0 fully saturated rings. The van der Waals surface area contributed by atoms with E-state index < -0.39 is 10.0 Å². The van der Waals surface area contributed by atoms with Gasteiger partial charge in [0, 0.05) is 21.7 Å². The van der Waals surface area contributed by atoms with Gasteiger partial charge in [0.15, 0.2) is 5.13 Å². The summed E-state index contributed by atoms with van der Waals surface area (Å²) in [5.41, 5.74) is 2.90. The highest BCUT2D eigenvalue weighted by molar-refractivity contribution is 7.92. The van der Waals surface area contributed by atoms with Gasteiger partial charge in [0.05, 0.1) is 17.9 Å². The van der Waals surface area contributed by atoms with Crippen LogP contribution in [0.25, 0.3) is 11.3 Å². The van der Waals surface area contributed by atoms with Crippen molar-refractivity contribution in [3.8, 4) is 17.0 Å². The predicted molar refractivity (Wildman–Crippen MR) is 119 cm³/mol. The molecule has 7 nitrogen and oxygen atoms in total. The number of hydrogen-bond donors (Lipinski definition) is 2. The van der Waals surface area contributed by atoms with E-state index in [1.54, 1.807) is 30.3 Å². The number of carbonyl (C=O) groups excluding carboxylic acids is 1. The Labute approximate surface area is 183 Å². The number of hydrogen-bond acceptors (Lipinski definition) is 6. The van der Waals surface area contributed by atoms with Crippen LogP contribution < -0.4 is 14.8 Å². The maximum atomic E-state index is 12.7. The van der Waals surface area contributed by atoms with Crippen LogP contribution in [0.1, 0.15) is 5.56 Å². The lowest BCUT2D eigenvalue weighted by Gasteiger charge is -2.24. The highest BCUT2D eigenvalue weighted by atomic mass is 35.5. The van der Waals surface area contributed by atoms with Crippen molar-refractivity contribution in [2.24, 2.45) is 5.92 Å². The van der Waals surface area contributed by atoms with Gasteiger partial charge in [-0.05, 0) is 42.3 Å². The molecule has 1 aliphatic heterocycles. The van der Waals surface area contributed by atoms with E-state index in [1.165, 1.54) is 11.3 Å². The number of nitrogens with zero attached hydrogens (tertiary/aromatic N) is 1. The number of rotatable bonds is 5. The smallest absolute Gasteiger partial charge is 0.233 e. The van der Waals surface area contributed by atoms with Gasteiger partial charge in [-0.3, -0.25) is 9.52 Å². The van der Waals surface area contributed by atoms with Crippen molar-refractivity contribution in [1.82, 2.24) is 4.98 Å². The zero-order valence-corrected chi connectivity index (χ0v) is 18.3. The van der Waals surface area contributed by atoms with Crippen LogP contribution in [0.3, 0.4) is 0 Å². The molecule has 0 radical (unpaired) electrons. The lowest BCUT2D eigenvalue weighted by molar-refractivity contribution is -0.121. The summed E-state index contributed by atoms with van der Waals surface area (Å²) in [6, 6.07) is 12.3. The zero-order valence-electron chi connectivity index (χ0n) is 15.9. The lowest BCUT2D eigenvalue weighted by Crippen LogP contribution is -2.32. The van der Waals surface area contributed by atoms with E-state index in [9.17, 15) is 13.2 Å². The molecule has 0 saturated heterocycles. The molecule has 156 valence electrons. The number of anilines is 2. The third-order valence-corrected chi connectivity index (χ3v) is 6.12. The molecule has 2 aromatic carbocycles. The minimum absolute atomic E-state index is 0.158. The van der Waals surface area contributed by atoms with E-state index in [0.29, 0.717) is 34.6 Å². The molecule has 30 heavy (non-hydrogen) atoms. The van der Waals surface area contributed by atoms with Gasteiger partial charge in [-0.2, -0.15) is 0 Å². The highest BCUT2D eigenvalue weighted by Crippen LogP contribution is 2.31. The normalized spacial score (nSPS) is 15.7. The molecule has 3 aromatic rings. The van der Waals surface area contributed by atoms with Crippen molar-refractivity contribution in [3.63, 3.8) is 0 Å². The molecule has 1 amide bonds. The minimum Gasteiger partial charge on any atom is -0.492 e. The molecule has 0 spiro atoms. The molecule has 1 aromatic heterocycles. The Morgan fingerprint density at radius 3 is 2.73 bits per heavy atom. The van der Waals surface area contributed by atoms with Crippen LogP contribution in [-0.2, 0) is 21.2 Å². The van der Waals surface area contributed by atoms with E-state index in [4.69, 9.17) is 16.3 Å². The Balaban J connectivity index is 1.41. The van der Waals surface area contributed by atoms with Crippen molar-refractivity contribution in [2.75, 3.05) is 22.9 Å². The molecule has 0 bridgehead atoms. The van der Waals surface area contributed by atoms with Crippen LogP contribution in [0.5, 0.6) is 5.75 Å². The second-order valence-corrected chi connectivity index (χ2v) is 9.99. The summed E-state index contributed by atoms with van der Waals surface area (Å²) in [5, 5.41) is 5.79. The van der Waals surface area contributed by atoms with Gasteiger partial charge in [0.2, 0.25) is 15.9 Å². The Kier molecular flexibility index (Phi) is 5.68. The summed E-state index contributed by atoms with van der Waals surface area (Å²) >= 11 is 7.36. The number of sulfonamides is 1. The number of carbonyl (C=O) groups is 1. The van der Waals surface area contributed by atoms with E-state index >= 15 is 0 Å². The second kappa shape index (κ2) is 8.25. The number of halogens is 1. The van der Waals surface area contributed by atoms with E-state index in [-0.39, 0.29) is 11.8 Å². The van der Waals surface area contributed by atoms with Crippen molar-refractivity contribution in [2.45, 2.75) is 6.42 Å². The summed E-state index contributed by atoms with van der Waals surface area (Å²) in [6.45, 7) is 0.299. The molecule has 1 aliphatic rings. The Hall–Kier alpha value is -2.62. The molecule has 10 heteroatoms. The predicted octanol–water partition coefficient (Wildman–Crippen LogP) is 4.02. The first-order valence-electron chi connectivity index (χ1n) is 9.03. The van der Waals surface area contributed by atoms with Gasteiger partial charge in [-0.25, -0.2) is 13.4 Å².